The summed E-state index contributed by atoms with van der Waals surface area (Å²) in [7, 11) is 3.91. The third-order valence-corrected chi connectivity index (χ3v) is 6.34. The van der Waals surface area contributed by atoms with Crippen LogP contribution >= 0.6 is 0 Å². The Morgan fingerprint density at radius 2 is 1.91 bits per heavy atom. The molecule has 11 heteroatoms. The second-order valence-electron chi connectivity index (χ2n) is 8.35. The van der Waals surface area contributed by atoms with Crippen molar-refractivity contribution >= 4 is 11.9 Å². The van der Waals surface area contributed by atoms with Gasteiger partial charge in [0.1, 0.15) is 11.5 Å². The van der Waals surface area contributed by atoms with E-state index < -0.39 is 12.1 Å². The molecule has 2 aliphatic heterocycles. The lowest BCUT2D eigenvalue weighted by Crippen LogP contribution is -2.53. The first-order valence-corrected chi connectivity index (χ1v) is 10.3. The Hall–Kier alpha value is -2.82. The number of carbonyl (C=O) groups excluding carboxylic acids is 1. The highest BCUT2D eigenvalue weighted by molar-refractivity contribution is 5.81. The van der Waals surface area contributed by atoms with Crippen LogP contribution in [-0.2, 0) is 23.2 Å². The molecule has 0 bridgehead atoms. The summed E-state index contributed by atoms with van der Waals surface area (Å²) in [5.41, 5.74) is 1.12. The molecule has 0 aromatic carbocycles. The van der Waals surface area contributed by atoms with Gasteiger partial charge in [-0.1, -0.05) is 0 Å². The van der Waals surface area contributed by atoms with E-state index in [0.717, 1.165) is 44.0 Å². The zero-order valence-corrected chi connectivity index (χ0v) is 18.2. The number of carboxylic acids is 1. The van der Waals surface area contributed by atoms with Gasteiger partial charge in [-0.2, -0.15) is 18.3 Å². The quantitative estimate of drug-likeness (QED) is 0.764. The number of halogens is 3. The molecule has 1 spiro atoms. The Balaban J connectivity index is 0.000000360. The molecule has 4 rings (SSSR count). The predicted octanol–water partition coefficient (Wildman–Crippen LogP) is 2.94. The minimum Gasteiger partial charge on any atom is -0.475 e. The Labute approximate surface area is 183 Å². The van der Waals surface area contributed by atoms with Crippen LogP contribution in [0.3, 0.4) is 0 Å². The van der Waals surface area contributed by atoms with Crippen LogP contribution in [0.4, 0.5) is 13.2 Å². The number of aryl methyl sites for hydroxylation is 2. The molecular weight excluding hydrogens is 429 g/mol. The van der Waals surface area contributed by atoms with Crippen molar-refractivity contribution in [3.63, 3.8) is 0 Å². The summed E-state index contributed by atoms with van der Waals surface area (Å²) in [4.78, 5) is 25.8. The molecule has 1 unspecified atom stereocenters. The molecule has 2 aromatic rings. The number of aliphatic carboxylic acids is 1. The van der Waals surface area contributed by atoms with Crippen molar-refractivity contribution in [2.24, 2.45) is 7.05 Å². The van der Waals surface area contributed by atoms with Gasteiger partial charge in [-0.25, -0.2) is 4.79 Å². The van der Waals surface area contributed by atoms with E-state index >= 15 is 0 Å². The Kier molecular flexibility index (Phi) is 6.68. The van der Waals surface area contributed by atoms with E-state index in [-0.39, 0.29) is 17.4 Å². The van der Waals surface area contributed by atoms with Gasteiger partial charge in [0.25, 0.3) is 0 Å². The summed E-state index contributed by atoms with van der Waals surface area (Å²) in [6, 6.07) is 4.08. The van der Waals surface area contributed by atoms with Crippen molar-refractivity contribution in [1.82, 2.24) is 19.6 Å². The van der Waals surface area contributed by atoms with Crippen LogP contribution in [0, 0.1) is 6.92 Å². The molecule has 2 aromatic heterocycles. The van der Waals surface area contributed by atoms with Crippen molar-refractivity contribution in [3.05, 3.63) is 41.6 Å². The number of carbonyl (C=O) groups is 2. The fourth-order valence-electron chi connectivity index (χ4n) is 4.60. The molecule has 0 aliphatic carbocycles. The highest BCUT2D eigenvalue weighted by Crippen LogP contribution is 2.48. The first-order chi connectivity index (χ1) is 14.9. The largest absolute Gasteiger partial charge is 0.490 e. The zero-order chi connectivity index (χ0) is 23.7. The van der Waals surface area contributed by atoms with E-state index in [1.807, 2.05) is 42.9 Å². The van der Waals surface area contributed by atoms with Gasteiger partial charge in [-0.05, 0) is 37.5 Å². The second-order valence-corrected chi connectivity index (χ2v) is 8.35. The van der Waals surface area contributed by atoms with Crippen LogP contribution in [0.2, 0.25) is 0 Å². The van der Waals surface area contributed by atoms with Crippen LogP contribution in [0.15, 0.2) is 28.9 Å². The minimum atomic E-state index is -5.08. The molecule has 4 heterocycles. The van der Waals surface area contributed by atoms with E-state index in [1.165, 1.54) is 5.56 Å². The van der Waals surface area contributed by atoms with Crippen molar-refractivity contribution in [2.45, 2.75) is 50.4 Å². The number of alkyl halides is 3. The van der Waals surface area contributed by atoms with Crippen LogP contribution in [0.1, 0.15) is 42.3 Å². The van der Waals surface area contributed by atoms with Gasteiger partial charge in [-0.15, -0.1) is 0 Å². The van der Waals surface area contributed by atoms with Gasteiger partial charge in [0.15, 0.2) is 0 Å². The smallest absolute Gasteiger partial charge is 0.475 e. The highest BCUT2D eigenvalue weighted by Gasteiger charge is 2.52. The van der Waals surface area contributed by atoms with E-state index in [0.29, 0.717) is 6.42 Å². The summed E-state index contributed by atoms with van der Waals surface area (Å²) >= 11 is 0. The number of rotatable bonds is 3. The number of aromatic nitrogens is 2. The molecule has 1 N–H and O–H groups in total. The maximum atomic E-state index is 12.5. The molecule has 0 radical (unpaired) electrons. The topological polar surface area (TPSA) is 91.8 Å². The Morgan fingerprint density at radius 1 is 1.28 bits per heavy atom. The number of hydrogen-bond donors (Lipinski definition) is 1. The first kappa shape index (κ1) is 23.8. The molecule has 32 heavy (non-hydrogen) atoms. The van der Waals surface area contributed by atoms with Gasteiger partial charge in [-0.3, -0.25) is 14.4 Å². The molecule has 2 aliphatic rings. The van der Waals surface area contributed by atoms with Crippen molar-refractivity contribution in [3.8, 4) is 0 Å². The number of likely N-dealkylation sites (N-methyl/N-ethyl adjacent to an activating group) is 1. The lowest BCUT2D eigenvalue weighted by atomic mass is 9.74. The number of likely N-dealkylation sites (tertiary alicyclic amines) is 2. The van der Waals surface area contributed by atoms with E-state index in [1.54, 1.807) is 0 Å². The maximum Gasteiger partial charge on any atom is 0.490 e. The molecule has 8 nitrogen and oxygen atoms in total. The third-order valence-electron chi connectivity index (χ3n) is 6.34. The number of furan rings is 1. The van der Waals surface area contributed by atoms with Crippen molar-refractivity contribution in [2.75, 3.05) is 20.1 Å². The van der Waals surface area contributed by atoms with Crippen LogP contribution in [0.5, 0.6) is 0 Å². The average Bonchev–Trinajstić information content (AvgIpc) is 3.39. The molecule has 2 saturated heterocycles. The summed E-state index contributed by atoms with van der Waals surface area (Å²) in [6.45, 7) is 4.79. The number of nitrogens with zero attached hydrogens (tertiary/aromatic N) is 4. The first-order valence-electron chi connectivity index (χ1n) is 10.3. The molecule has 176 valence electrons. The van der Waals surface area contributed by atoms with Gasteiger partial charge < -0.3 is 14.4 Å². The normalized spacial score (nSPS) is 21.0. The minimum absolute atomic E-state index is 0.0737. The zero-order valence-electron chi connectivity index (χ0n) is 18.2. The maximum absolute atomic E-state index is 12.5. The third kappa shape index (κ3) is 4.98. The van der Waals surface area contributed by atoms with Gasteiger partial charge >= 0.3 is 12.1 Å². The Bertz CT molecular complexity index is 960. The van der Waals surface area contributed by atoms with Crippen molar-refractivity contribution < 1.29 is 32.3 Å². The van der Waals surface area contributed by atoms with Gasteiger partial charge in [0, 0.05) is 45.7 Å². The number of amides is 1. The average molecular weight is 456 g/mol. The van der Waals surface area contributed by atoms with Gasteiger partial charge in [0.05, 0.1) is 18.3 Å². The number of hydrogen-bond acceptors (Lipinski definition) is 5. The van der Waals surface area contributed by atoms with E-state index in [2.05, 4.69) is 22.3 Å². The summed E-state index contributed by atoms with van der Waals surface area (Å²) in [6.07, 6.45) is 1.50. The fourth-order valence-corrected chi connectivity index (χ4v) is 4.60. The Morgan fingerprint density at radius 3 is 2.38 bits per heavy atom. The summed E-state index contributed by atoms with van der Waals surface area (Å²) in [5, 5.41) is 11.5. The van der Waals surface area contributed by atoms with Crippen LogP contribution in [-0.4, -0.2) is 68.4 Å². The number of piperidine rings is 1. The standard InChI is InChI=1S/C19H26N4O2.C2HF3O2/c1-14-4-5-16(25-14)13-23-8-6-19(7-9-23)17(10-18(24)22(19)3)15-11-20-21(2)12-15;3-2(4,5)1(6)7/h4-5,11-12,17H,6-10,13H2,1-3H3;(H,6,7). The SMILES string of the molecule is Cc1ccc(CN2CCC3(CC2)C(c2cnn(C)c2)CC(=O)N3C)o1.O=C(O)C(F)(F)F. The van der Waals surface area contributed by atoms with Crippen LogP contribution in [0.25, 0.3) is 0 Å². The lowest BCUT2D eigenvalue weighted by Gasteiger charge is -2.46. The monoisotopic (exact) mass is 456 g/mol. The lowest BCUT2D eigenvalue weighted by molar-refractivity contribution is -0.192. The number of carboxylic acid groups (broad SMARTS) is 1. The van der Waals surface area contributed by atoms with Crippen molar-refractivity contribution in [1.29, 1.82) is 0 Å². The summed E-state index contributed by atoms with van der Waals surface area (Å²) in [5.74, 6) is -0.280. The molecular formula is C21H27F3N4O4. The molecule has 0 saturated carbocycles. The molecule has 1 atom stereocenters. The second kappa shape index (κ2) is 8.97. The predicted molar refractivity (Wildman–Crippen MR) is 108 cm³/mol. The van der Waals surface area contributed by atoms with Gasteiger partial charge in [0.2, 0.25) is 5.91 Å². The van der Waals surface area contributed by atoms with E-state index in [4.69, 9.17) is 14.3 Å². The molecule has 1 amide bonds. The van der Waals surface area contributed by atoms with E-state index in [9.17, 15) is 18.0 Å². The van der Waals surface area contributed by atoms with Crippen LogP contribution < -0.4 is 0 Å². The molecule has 2 fully saturated rings. The summed E-state index contributed by atoms with van der Waals surface area (Å²) < 4.78 is 39.3. The highest BCUT2D eigenvalue weighted by atomic mass is 19.4. The fraction of sp³-hybridized carbons (Fsp3) is 0.571.